The van der Waals surface area contributed by atoms with Crippen molar-refractivity contribution in [2.75, 3.05) is 31.1 Å². The summed E-state index contributed by atoms with van der Waals surface area (Å²) in [5.74, 6) is 0.0537. The summed E-state index contributed by atoms with van der Waals surface area (Å²) in [6, 6.07) is 17.5. The van der Waals surface area contributed by atoms with Crippen molar-refractivity contribution in [3.05, 3.63) is 60.2 Å². The first kappa shape index (κ1) is 23.3. The molecular weight excluding hydrogens is 410 g/mol. The zero-order valence-electron chi connectivity index (χ0n) is 18.5. The number of hydrogen-bond acceptors (Lipinski definition) is 4. The van der Waals surface area contributed by atoms with Gasteiger partial charge in [0.25, 0.3) is 0 Å². The van der Waals surface area contributed by atoms with E-state index in [0.717, 1.165) is 31.5 Å². The Labute approximate surface area is 186 Å². The lowest BCUT2D eigenvalue weighted by Gasteiger charge is -2.34. The summed E-state index contributed by atoms with van der Waals surface area (Å²) in [5.41, 5.74) is 2.20. The molecular formula is C24H33N3O3S. The second-order valence-corrected chi connectivity index (χ2v) is 9.84. The Bertz CT molecular complexity index is 934. The van der Waals surface area contributed by atoms with Crippen molar-refractivity contribution in [2.24, 2.45) is 0 Å². The SMILES string of the molecule is CCN(CC)S(=O)(=O)c1ccc(CCC(=O)NC2CCN(c3ccccc3)CC2)cc1. The number of sulfonamides is 1. The van der Waals surface area contributed by atoms with Gasteiger partial charge in [-0.15, -0.1) is 0 Å². The number of piperidine rings is 1. The maximum atomic E-state index is 12.6. The maximum absolute atomic E-state index is 12.6. The predicted molar refractivity (Wildman–Crippen MR) is 125 cm³/mol. The molecule has 1 saturated heterocycles. The molecule has 168 valence electrons. The van der Waals surface area contributed by atoms with E-state index < -0.39 is 10.0 Å². The molecule has 1 heterocycles. The Balaban J connectivity index is 1.45. The van der Waals surface area contributed by atoms with Crippen molar-refractivity contribution in [1.29, 1.82) is 0 Å². The molecule has 31 heavy (non-hydrogen) atoms. The van der Waals surface area contributed by atoms with Crippen LogP contribution in [-0.2, 0) is 21.2 Å². The van der Waals surface area contributed by atoms with E-state index in [-0.39, 0.29) is 11.9 Å². The molecule has 2 aromatic rings. The summed E-state index contributed by atoms with van der Waals surface area (Å²) >= 11 is 0. The Morgan fingerprint density at radius 3 is 2.19 bits per heavy atom. The molecule has 1 amide bonds. The molecule has 0 atom stereocenters. The quantitative estimate of drug-likeness (QED) is 0.645. The third kappa shape index (κ3) is 6.08. The number of aryl methyl sites for hydroxylation is 1. The minimum absolute atomic E-state index is 0.0537. The van der Waals surface area contributed by atoms with Gasteiger partial charge in [-0.2, -0.15) is 4.31 Å². The van der Waals surface area contributed by atoms with Crippen molar-refractivity contribution in [3.8, 4) is 0 Å². The number of amides is 1. The van der Waals surface area contributed by atoms with Gasteiger partial charge in [0.15, 0.2) is 0 Å². The fourth-order valence-electron chi connectivity index (χ4n) is 4.02. The third-order valence-electron chi connectivity index (χ3n) is 5.89. The molecule has 1 aliphatic heterocycles. The summed E-state index contributed by atoms with van der Waals surface area (Å²) in [7, 11) is -3.44. The molecule has 1 N–H and O–H groups in total. The van der Waals surface area contributed by atoms with Gasteiger partial charge < -0.3 is 10.2 Å². The zero-order valence-corrected chi connectivity index (χ0v) is 19.3. The lowest BCUT2D eigenvalue weighted by molar-refractivity contribution is -0.121. The highest BCUT2D eigenvalue weighted by Gasteiger charge is 2.22. The Morgan fingerprint density at radius 1 is 1.00 bits per heavy atom. The lowest BCUT2D eigenvalue weighted by Crippen LogP contribution is -2.44. The van der Waals surface area contributed by atoms with E-state index in [4.69, 9.17) is 0 Å². The molecule has 0 bridgehead atoms. The summed E-state index contributed by atoms with van der Waals surface area (Å²) in [5, 5.41) is 3.16. The Hall–Kier alpha value is -2.38. The second kappa shape index (κ2) is 10.8. The number of para-hydroxylation sites is 1. The zero-order chi connectivity index (χ0) is 22.3. The second-order valence-electron chi connectivity index (χ2n) is 7.90. The highest BCUT2D eigenvalue weighted by atomic mass is 32.2. The van der Waals surface area contributed by atoms with Crippen LogP contribution in [0.15, 0.2) is 59.5 Å². The Morgan fingerprint density at radius 2 is 1.61 bits per heavy atom. The van der Waals surface area contributed by atoms with Gasteiger partial charge in [-0.05, 0) is 49.1 Å². The highest BCUT2D eigenvalue weighted by Crippen LogP contribution is 2.20. The molecule has 6 nitrogen and oxygen atoms in total. The predicted octanol–water partition coefficient (Wildman–Crippen LogP) is 3.43. The van der Waals surface area contributed by atoms with Crippen LogP contribution in [-0.4, -0.2) is 50.9 Å². The number of nitrogens with zero attached hydrogens (tertiary/aromatic N) is 2. The number of anilines is 1. The van der Waals surface area contributed by atoms with E-state index in [9.17, 15) is 13.2 Å². The van der Waals surface area contributed by atoms with Crippen LogP contribution in [0.4, 0.5) is 5.69 Å². The van der Waals surface area contributed by atoms with Gasteiger partial charge in [0.2, 0.25) is 15.9 Å². The molecule has 0 saturated carbocycles. The highest BCUT2D eigenvalue weighted by molar-refractivity contribution is 7.89. The molecule has 0 unspecified atom stereocenters. The standard InChI is InChI=1S/C24H33N3O3S/c1-3-27(4-2)31(29,30)23-13-10-20(11-14-23)12-15-24(28)25-21-16-18-26(19-17-21)22-8-6-5-7-9-22/h5-11,13-14,21H,3-4,12,15-19H2,1-2H3,(H,25,28). The summed E-state index contributed by atoms with van der Waals surface area (Å²) < 4.78 is 26.6. The fourth-order valence-corrected chi connectivity index (χ4v) is 5.48. The number of carbonyl (C=O) groups excluding carboxylic acids is 1. The van der Waals surface area contributed by atoms with Crippen LogP contribution < -0.4 is 10.2 Å². The maximum Gasteiger partial charge on any atom is 0.243 e. The number of benzene rings is 2. The minimum Gasteiger partial charge on any atom is -0.371 e. The topological polar surface area (TPSA) is 69.7 Å². The summed E-state index contributed by atoms with van der Waals surface area (Å²) in [6.07, 6.45) is 2.89. The van der Waals surface area contributed by atoms with Crippen LogP contribution in [0.25, 0.3) is 0 Å². The molecule has 1 aliphatic rings. The number of rotatable bonds is 9. The smallest absolute Gasteiger partial charge is 0.243 e. The van der Waals surface area contributed by atoms with E-state index >= 15 is 0 Å². The molecule has 0 spiro atoms. The van der Waals surface area contributed by atoms with E-state index in [1.165, 1.54) is 9.99 Å². The molecule has 1 fully saturated rings. The van der Waals surface area contributed by atoms with E-state index in [2.05, 4.69) is 34.5 Å². The number of carbonyl (C=O) groups is 1. The van der Waals surface area contributed by atoms with Crippen molar-refractivity contribution >= 4 is 21.6 Å². The minimum atomic E-state index is -3.44. The van der Waals surface area contributed by atoms with Crippen molar-refractivity contribution in [1.82, 2.24) is 9.62 Å². The van der Waals surface area contributed by atoms with Gasteiger partial charge in [0, 0.05) is 44.3 Å². The molecule has 0 radical (unpaired) electrons. The average Bonchev–Trinajstić information content (AvgIpc) is 2.80. The van der Waals surface area contributed by atoms with Gasteiger partial charge in [-0.3, -0.25) is 4.79 Å². The summed E-state index contributed by atoms with van der Waals surface area (Å²) in [6.45, 7) is 6.45. The molecule has 0 aromatic heterocycles. The van der Waals surface area contributed by atoms with Crippen molar-refractivity contribution < 1.29 is 13.2 Å². The van der Waals surface area contributed by atoms with Crippen LogP contribution in [0.2, 0.25) is 0 Å². The van der Waals surface area contributed by atoms with Gasteiger partial charge in [0.1, 0.15) is 0 Å². The number of hydrogen-bond donors (Lipinski definition) is 1. The van der Waals surface area contributed by atoms with E-state index in [0.29, 0.717) is 30.8 Å². The lowest BCUT2D eigenvalue weighted by atomic mass is 10.0. The number of nitrogens with one attached hydrogen (secondary N) is 1. The summed E-state index contributed by atoms with van der Waals surface area (Å²) in [4.78, 5) is 15.1. The monoisotopic (exact) mass is 443 g/mol. The van der Waals surface area contributed by atoms with Crippen LogP contribution >= 0.6 is 0 Å². The van der Waals surface area contributed by atoms with E-state index in [1.807, 2.05) is 32.0 Å². The average molecular weight is 444 g/mol. The first-order valence-electron chi connectivity index (χ1n) is 11.1. The van der Waals surface area contributed by atoms with Crippen LogP contribution in [0.3, 0.4) is 0 Å². The van der Waals surface area contributed by atoms with E-state index in [1.54, 1.807) is 12.1 Å². The van der Waals surface area contributed by atoms with Gasteiger partial charge in [-0.25, -0.2) is 8.42 Å². The fraction of sp³-hybridized carbons (Fsp3) is 0.458. The van der Waals surface area contributed by atoms with Gasteiger partial charge >= 0.3 is 0 Å². The molecule has 7 heteroatoms. The molecule has 2 aromatic carbocycles. The molecule has 3 rings (SSSR count). The third-order valence-corrected chi connectivity index (χ3v) is 7.95. The van der Waals surface area contributed by atoms with Crippen LogP contribution in [0.5, 0.6) is 0 Å². The molecule has 0 aliphatic carbocycles. The van der Waals surface area contributed by atoms with Crippen molar-refractivity contribution in [2.45, 2.75) is 50.5 Å². The normalized spacial score (nSPS) is 15.3. The van der Waals surface area contributed by atoms with Crippen LogP contribution in [0.1, 0.15) is 38.7 Å². The largest absolute Gasteiger partial charge is 0.371 e. The first-order chi connectivity index (χ1) is 14.9. The van der Waals surface area contributed by atoms with Gasteiger partial charge in [-0.1, -0.05) is 44.2 Å². The van der Waals surface area contributed by atoms with Crippen molar-refractivity contribution in [3.63, 3.8) is 0 Å². The van der Waals surface area contributed by atoms with Gasteiger partial charge in [0.05, 0.1) is 4.90 Å². The van der Waals surface area contributed by atoms with Crippen LogP contribution in [0, 0.1) is 0 Å². The first-order valence-corrected chi connectivity index (χ1v) is 12.6. The Kier molecular flexibility index (Phi) is 8.09.